The number of carbonyl (C=O) groups excluding carboxylic acids is 2. The number of likely N-dealkylation sites (N-methyl/N-ethyl adjacent to an activating group) is 1. The molecule has 2 heterocycles. The molecule has 2 aliphatic heterocycles. The highest BCUT2D eigenvalue weighted by Crippen LogP contribution is 2.29. The number of halogens is 1. The normalized spacial score (nSPS) is 19.7. The van der Waals surface area contributed by atoms with Crippen LogP contribution in [0.4, 0.5) is 20.6 Å². The first-order valence-electron chi connectivity index (χ1n) is 7.77. The van der Waals surface area contributed by atoms with Gasteiger partial charge in [-0.3, -0.25) is 9.69 Å². The van der Waals surface area contributed by atoms with E-state index in [9.17, 15) is 14.0 Å². The van der Waals surface area contributed by atoms with E-state index in [1.807, 2.05) is 11.9 Å². The van der Waals surface area contributed by atoms with Crippen LogP contribution in [0.5, 0.6) is 0 Å². The van der Waals surface area contributed by atoms with Crippen LogP contribution in [-0.4, -0.2) is 54.8 Å². The molecule has 0 bridgehead atoms. The molecule has 0 aromatic heterocycles. The van der Waals surface area contributed by atoms with E-state index in [4.69, 9.17) is 17.0 Å². The molecule has 2 N–H and O–H groups in total. The van der Waals surface area contributed by atoms with Crippen LogP contribution in [0.3, 0.4) is 0 Å². The van der Waals surface area contributed by atoms with Crippen LogP contribution in [0.1, 0.15) is 13.8 Å². The fraction of sp³-hybridized carbons (Fsp3) is 0.438. The fourth-order valence-corrected chi connectivity index (χ4v) is 2.85. The van der Waals surface area contributed by atoms with E-state index < -0.39 is 11.9 Å². The number of cyclic esters (lactones) is 1. The number of anilines is 2. The Morgan fingerprint density at radius 2 is 2.00 bits per heavy atom. The third kappa shape index (κ3) is 4.36. The van der Waals surface area contributed by atoms with Gasteiger partial charge in [-0.05, 0) is 37.3 Å². The zero-order valence-electron chi connectivity index (χ0n) is 14.4. The number of hydrogen-bond donors (Lipinski definition) is 1. The zero-order valence-corrected chi connectivity index (χ0v) is 15.2. The van der Waals surface area contributed by atoms with E-state index in [1.54, 1.807) is 24.0 Å². The molecule has 1 aromatic carbocycles. The number of amides is 2. The Hall–Kier alpha value is -2.42. The summed E-state index contributed by atoms with van der Waals surface area (Å²) in [6.07, 6.45) is -0.619. The molecule has 3 rings (SSSR count). The van der Waals surface area contributed by atoms with Crippen LogP contribution in [0.2, 0.25) is 0 Å². The summed E-state index contributed by atoms with van der Waals surface area (Å²) in [5, 5.41) is 0.607. The number of thiocarbonyl (C=S) groups is 1. The SMILES string of the molecule is CC(N)=O.CC1CN(c2ccc(N3CCN(C)C3=S)c(F)c2)C(=O)O1. The van der Waals surface area contributed by atoms with Crippen LogP contribution in [0.25, 0.3) is 0 Å². The van der Waals surface area contributed by atoms with Crippen molar-refractivity contribution in [2.75, 3.05) is 36.5 Å². The third-order valence-corrected chi connectivity index (χ3v) is 4.24. The fourth-order valence-electron chi connectivity index (χ4n) is 2.57. The van der Waals surface area contributed by atoms with Crippen molar-refractivity contribution in [3.05, 3.63) is 24.0 Å². The van der Waals surface area contributed by atoms with E-state index >= 15 is 0 Å². The largest absolute Gasteiger partial charge is 0.444 e. The van der Waals surface area contributed by atoms with E-state index in [1.165, 1.54) is 17.9 Å². The number of primary amides is 1. The summed E-state index contributed by atoms with van der Waals surface area (Å²) in [5.41, 5.74) is 5.41. The Kier molecular flexibility index (Phi) is 5.78. The van der Waals surface area contributed by atoms with Crippen molar-refractivity contribution in [1.82, 2.24) is 4.90 Å². The number of nitrogens with zero attached hydrogens (tertiary/aromatic N) is 3. The predicted molar refractivity (Wildman–Crippen MR) is 97.1 cm³/mol. The first kappa shape index (κ1) is 18.9. The molecule has 0 saturated carbocycles. The second kappa shape index (κ2) is 7.64. The lowest BCUT2D eigenvalue weighted by molar-refractivity contribution is -0.115. The maximum Gasteiger partial charge on any atom is 0.414 e. The van der Waals surface area contributed by atoms with Crippen molar-refractivity contribution in [3.63, 3.8) is 0 Å². The third-order valence-electron chi connectivity index (χ3n) is 3.71. The minimum atomic E-state index is -0.439. The summed E-state index contributed by atoms with van der Waals surface area (Å²) < 4.78 is 19.4. The van der Waals surface area contributed by atoms with Crippen molar-refractivity contribution in [3.8, 4) is 0 Å². The first-order chi connectivity index (χ1) is 11.7. The second-order valence-electron chi connectivity index (χ2n) is 5.91. The number of carbonyl (C=O) groups is 2. The van der Waals surface area contributed by atoms with E-state index in [-0.39, 0.29) is 12.0 Å². The topological polar surface area (TPSA) is 79.1 Å². The van der Waals surface area contributed by atoms with E-state index in [0.29, 0.717) is 29.6 Å². The van der Waals surface area contributed by atoms with Crippen LogP contribution in [-0.2, 0) is 9.53 Å². The van der Waals surface area contributed by atoms with Crippen LogP contribution < -0.4 is 15.5 Å². The minimum Gasteiger partial charge on any atom is -0.444 e. The number of nitrogens with two attached hydrogens (primary N) is 1. The molecule has 2 amide bonds. The monoisotopic (exact) mass is 368 g/mol. The minimum absolute atomic E-state index is 0.181. The molecule has 1 aromatic rings. The van der Waals surface area contributed by atoms with Gasteiger partial charge in [-0.25, -0.2) is 9.18 Å². The Bertz CT molecular complexity index is 696. The quantitative estimate of drug-likeness (QED) is 0.801. The van der Waals surface area contributed by atoms with Gasteiger partial charge in [0.25, 0.3) is 0 Å². The lowest BCUT2D eigenvalue weighted by Crippen LogP contribution is -2.30. The van der Waals surface area contributed by atoms with Gasteiger partial charge in [-0.1, -0.05) is 0 Å². The van der Waals surface area contributed by atoms with Crippen LogP contribution >= 0.6 is 12.2 Å². The van der Waals surface area contributed by atoms with Crippen molar-refractivity contribution in [1.29, 1.82) is 0 Å². The predicted octanol–water partition coefficient (Wildman–Crippen LogP) is 1.70. The zero-order chi connectivity index (χ0) is 18.7. The van der Waals surface area contributed by atoms with Gasteiger partial charge in [0, 0.05) is 27.1 Å². The molecule has 25 heavy (non-hydrogen) atoms. The maximum absolute atomic E-state index is 14.4. The van der Waals surface area contributed by atoms with Crippen molar-refractivity contribution in [2.24, 2.45) is 5.73 Å². The van der Waals surface area contributed by atoms with Gasteiger partial charge in [-0.2, -0.15) is 0 Å². The summed E-state index contributed by atoms with van der Waals surface area (Å²) in [5.74, 6) is -0.725. The number of hydrogen-bond acceptors (Lipinski definition) is 4. The highest BCUT2D eigenvalue weighted by Gasteiger charge is 2.31. The van der Waals surface area contributed by atoms with Gasteiger partial charge in [-0.15, -0.1) is 0 Å². The molecule has 0 aliphatic carbocycles. The highest BCUT2D eigenvalue weighted by atomic mass is 32.1. The Morgan fingerprint density at radius 3 is 2.44 bits per heavy atom. The number of rotatable bonds is 2. The smallest absolute Gasteiger partial charge is 0.414 e. The van der Waals surface area contributed by atoms with E-state index in [2.05, 4.69) is 5.73 Å². The Morgan fingerprint density at radius 1 is 1.36 bits per heavy atom. The van der Waals surface area contributed by atoms with Crippen molar-refractivity contribution >= 4 is 40.7 Å². The van der Waals surface area contributed by atoms with Crippen molar-refractivity contribution < 1.29 is 18.7 Å². The van der Waals surface area contributed by atoms with Gasteiger partial charge >= 0.3 is 6.09 Å². The maximum atomic E-state index is 14.4. The second-order valence-corrected chi connectivity index (χ2v) is 6.27. The van der Waals surface area contributed by atoms with Crippen LogP contribution in [0.15, 0.2) is 18.2 Å². The van der Waals surface area contributed by atoms with Crippen molar-refractivity contribution in [2.45, 2.75) is 20.0 Å². The molecule has 136 valence electrons. The Balaban J connectivity index is 0.000000511. The number of benzene rings is 1. The lowest BCUT2D eigenvalue weighted by atomic mass is 10.2. The molecular weight excluding hydrogens is 347 g/mol. The Labute approximate surface area is 151 Å². The standard InChI is InChI=1S/C14H16FN3O2S.C2H5NO/c1-9-8-18(14(19)20-9)10-3-4-12(11(15)7-10)17-6-5-16(2)13(17)21;1-2(3)4/h3-4,7,9H,5-6,8H2,1-2H3;1H3,(H2,3,4). The molecular formula is C16H21FN4O3S. The average Bonchev–Trinajstić information content (AvgIpc) is 3.01. The molecule has 1 atom stereocenters. The van der Waals surface area contributed by atoms with Gasteiger partial charge in [0.2, 0.25) is 5.91 Å². The summed E-state index contributed by atoms with van der Waals surface area (Å²) in [4.78, 5) is 26.0. The molecule has 2 aliphatic rings. The molecule has 9 heteroatoms. The number of ether oxygens (including phenoxy) is 1. The molecule has 7 nitrogen and oxygen atoms in total. The lowest BCUT2D eigenvalue weighted by Gasteiger charge is -2.21. The van der Waals surface area contributed by atoms with Gasteiger partial charge in [0.15, 0.2) is 5.11 Å². The van der Waals surface area contributed by atoms with Gasteiger partial charge < -0.3 is 20.3 Å². The first-order valence-corrected chi connectivity index (χ1v) is 8.18. The molecule has 2 saturated heterocycles. The van der Waals surface area contributed by atoms with Gasteiger partial charge in [0.1, 0.15) is 11.9 Å². The summed E-state index contributed by atoms with van der Waals surface area (Å²) in [6, 6.07) is 4.74. The summed E-state index contributed by atoms with van der Waals surface area (Å²) in [7, 11) is 1.89. The molecule has 2 fully saturated rings. The van der Waals surface area contributed by atoms with Gasteiger partial charge in [0.05, 0.1) is 17.9 Å². The van der Waals surface area contributed by atoms with E-state index in [0.717, 1.165) is 6.54 Å². The molecule has 1 unspecified atom stereocenters. The van der Waals surface area contributed by atoms with Crippen LogP contribution in [0, 0.1) is 5.82 Å². The average molecular weight is 368 g/mol. The summed E-state index contributed by atoms with van der Waals surface area (Å²) in [6.45, 7) is 4.98. The highest BCUT2D eigenvalue weighted by molar-refractivity contribution is 7.80. The molecule has 0 spiro atoms. The molecule has 0 radical (unpaired) electrons. The summed E-state index contributed by atoms with van der Waals surface area (Å²) >= 11 is 5.28.